The minimum absolute atomic E-state index is 0.00327. The molecule has 5 aromatic rings. The van der Waals surface area contributed by atoms with E-state index in [4.69, 9.17) is 9.15 Å². The van der Waals surface area contributed by atoms with Gasteiger partial charge in [-0.3, -0.25) is 4.79 Å². The first-order valence-electron chi connectivity index (χ1n) is 14.8. The molecule has 0 radical (unpaired) electrons. The van der Waals surface area contributed by atoms with E-state index in [-0.39, 0.29) is 36.3 Å². The summed E-state index contributed by atoms with van der Waals surface area (Å²) in [4.78, 5) is 12.5. The van der Waals surface area contributed by atoms with E-state index in [9.17, 15) is 44.3 Å². The highest BCUT2D eigenvalue weighted by Crippen LogP contribution is 2.33. The summed E-state index contributed by atoms with van der Waals surface area (Å²) < 4.78 is 126. The fraction of sp³-hybridized carbons (Fsp3) is 0.176. The van der Waals surface area contributed by atoms with Crippen LogP contribution < -0.4 is 4.74 Å². The number of carboxylic acid groups (broad SMARTS) is 1. The second-order valence-corrected chi connectivity index (χ2v) is 14.7. The predicted molar refractivity (Wildman–Crippen MR) is 171 cm³/mol. The highest BCUT2D eigenvalue weighted by Gasteiger charge is 2.43. The maximum Gasteiger partial charge on any atom is 0.303 e. The Kier molecular flexibility index (Phi) is 10.7. The fourth-order valence-electron chi connectivity index (χ4n) is 5.05. The van der Waals surface area contributed by atoms with Crippen molar-refractivity contribution < 1.29 is 53.5 Å². The maximum atomic E-state index is 14.9. The van der Waals surface area contributed by atoms with Crippen molar-refractivity contribution in [3.8, 4) is 17.2 Å². The van der Waals surface area contributed by atoms with Crippen LogP contribution in [-0.2, 0) is 44.2 Å². The van der Waals surface area contributed by atoms with Gasteiger partial charge in [-0.05, 0) is 73.0 Å². The van der Waals surface area contributed by atoms with E-state index in [1.165, 1.54) is 18.2 Å². The van der Waals surface area contributed by atoms with E-state index in [1.807, 2.05) is 30.3 Å². The van der Waals surface area contributed by atoms with Gasteiger partial charge in [0.25, 0.3) is 20.0 Å². The number of carbonyl (C=O) groups is 1. The Hall–Kier alpha value is -5.06. The first-order valence-corrected chi connectivity index (χ1v) is 17.7. The van der Waals surface area contributed by atoms with Gasteiger partial charge in [-0.25, -0.2) is 39.4 Å². The lowest BCUT2D eigenvalue weighted by molar-refractivity contribution is -0.136. The molecule has 0 unspecified atom stereocenters. The lowest BCUT2D eigenvalue weighted by atomic mass is 10.0. The van der Waals surface area contributed by atoms with Gasteiger partial charge in [0.15, 0.2) is 9.79 Å². The molecule has 0 aliphatic rings. The van der Waals surface area contributed by atoms with Gasteiger partial charge >= 0.3 is 5.97 Å². The zero-order valence-corrected chi connectivity index (χ0v) is 27.8. The summed E-state index contributed by atoms with van der Waals surface area (Å²) in [5.74, 6) is -6.92. The smallest absolute Gasteiger partial charge is 0.303 e. The summed E-state index contributed by atoms with van der Waals surface area (Å²) in [5.41, 5.74) is 1.25. The second kappa shape index (κ2) is 14.8. The number of sulfonamides is 2. The van der Waals surface area contributed by atoms with Crippen molar-refractivity contribution in [3.05, 3.63) is 131 Å². The summed E-state index contributed by atoms with van der Waals surface area (Å²) in [6.07, 6.45) is -0.487. The molecule has 0 saturated carbocycles. The van der Waals surface area contributed by atoms with Crippen molar-refractivity contribution in [2.75, 3.05) is 6.61 Å². The summed E-state index contributed by atoms with van der Waals surface area (Å²) in [7, 11) is -11.5. The van der Waals surface area contributed by atoms with Gasteiger partial charge in [0, 0.05) is 18.4 Å². The first kappa shape index (κ1) is 36.2. The Morgan fingerprint density at radius 3 is 1.88 bits per heavy atom. The first-order chi connectivity index (χ1) is 23.7. The van der Waals surface area contributed by atoms with E-state index in [0.717, 1.165) is 17.7 Å². The molecule has 1 heterocycles. The van der Waals surface area contributed by atoms with Crippen molar-refractivity contribution in [2.24, 2.45) is 0 Å². The zero-order chi connectivity index (χ0) is 36.2. The van der Waals surface area contributed by atoms with Crippen LogP contribution in [0.2, 0.25) is 0 Å². The molecule has 0 bridgehead atoms. The molecule has 50 heavy (non-hydrogen) atoms. The standard InChI is InChI=1S/C34H28F4N2O8S2/c1-21-30(39-34(48-21)23-7-3-2-4-8-23)17-18-47-25-15-13-22(14-16-31(41)42)24(19-25)20-40(49(43,44)32-26(35)9-5-10-27(32)36)50(45,46)33-28(37)11-6-12-29(33)38/h2-13,15,19H,14,16-18,20H2,1H3,(H,41,42). The third kappa shape index (κ3) is 7.72. The van der Waals surface area contributed by atoms with E-state index >= 15 is 0 Å². The van der Waals surface area contributed by atoms with Gasteiger partial charge in [0.1, 0.15) is 34.8 Å². The maximum absolute atomic E-state index is 14.9. The average molecular weight is 733 g/mol. The monoisotopic (exact) mass is 732 g/mol. The van der Waals surface area contributed by atoms with Crippen LogP contribution in [0, 0.1) is 30.2 Å². The molecule has 262 valence electrons. The molecular weight excluding hydrogens is 705 g/mol. The van der Waals surface area contributed by atoms with Crippen LogP contribution in [0.5, 0.6) is 5.75 Å². The SMILES string of the molecule is Cc1oc(-c2ccccc2)nc1CCOc1ccc(CCC(=O)O)c(CN(S(=O)(=O)c2c(F)cccc2F)S(=O)(=O)c2c(F)cccc2F)c1. The van der Waals surface area contributed by atoms with E-state index in [0.29, 0.717) is 41.6 Å². The topological polar surface area (TPSA) is 144 Å². The number of benzene rings is 4. The van der Waals surface area contributed by atoms with Crippen molar-refractivity contribution >= 4 is 26.0 Å². The lowest BCUT2D eigenvalue weighted by Crippen LogP contribution is -2.38. The Morgan fingerprint density at radius 1 is 0.780 bits per heavy atom. The Bertz CT molecular complexity index is 2140. The van der Waals surface area contributed by atoms with Crippen LogP contribution in [0.4, 0.5) is 17.6 Å². The number of nitrogens with zero attached hydrogens (tertiary/aromatic N) is 2. The second-order valence-electron chi connectivity index (χ2n) is 10.9. The molecule has 0 aliphatic carbocycles. The average Bonchev–Trinajstić information content (AvgIpc) is 3.43. The summed E-state index contributed by atoms with van der Waals surface area (Å²) in [5, 5.41) is 9.29. The molecule has 1 aromatic heterocycles. The molecule has 0 fully saturated rings. The van der Waals surface area contributed by atoms with Crippen molar-refractivity contribution in [1.82, 2.24) is 8.69 Å². The number of rotatable bonds is 14. The number of aliphatic carboxylic acids is 1. The number of aromatic nitrogens is 1. The Balaban J connectivity index is 1.53. The molecule has 0 atom stereocenters. The fourth-order valence-corrected chi connectivity index (χ4v) is 8.82. The van der Waals surface area contributed by atoms with Crippen LogP contribution in [0.15, 0.2) is 99.1 Å². The van der Waals surface area contributed by atoms with Gasteiger partial charge < -0.3 is 14.3 Å². The van der Waals surface area contributed by atoms with Crippen LogP contribution in [0.25, 0.3) is 11.5 Å². The summed E-state index contributed by atoms with van der Waals surface area (Å²) in [6, 6.07) is 17.1. The number of oxazole rings is 1. The van der Waals surface area contributed by atoms with Crippen LogP contribution in [0.3, 0.4) is 0 Å². The van der Waals surface area contributed by atoms with Gasteiger partial charge in [-0.2, -0.15) is 0 Å². The molecule has 5 rings (SSSR count). The molecule has 1 N–H and O–H groups in total. The molecule has 0 amide bonds. The normalized spacial score (nSPS) is 12.0. The predicted octanol–water partition coefficient (Wildman–Crippen LogP) is 6.42. The van der Waals surface area contributed by atoms with Crippen LogP contribution in [-0.4, -0.2) is 43.2 Å². The van der Waals surface area contributed by atoms with Crippen LogP contribution in [0.1, 0.15) is 29.0 Å². The third-order valence-corrected chi connectivity index (χ3v) is 11.8. The van der Waals surface area contributed by atoms with Crippen molar-refractivity contribution in [3.63, 3.8) is 0 Å². The molecular formula is C34H28F4N2O8S2. The molecule has 0 aliphatic heterocycles. The van der Waals surface area contributed by atoms with Crippen LogP contribution >= 0.6 is 0 Å². The van der Waals surface area contributed by atoms with Crippen molar-refractivity contribution in [2.45, 2.75) is 42.5 Å². The van der Waals surface area contributed by atoms with Gasteiger partial charge in [0.2, 0.25) is 5.89 Å². The number of ether oxygens (including phenoxy) is 1. The number of carboxylic acids is 1. The molecule has 16 heteroatoms. The lowest BCUT2D eigenvalue weighted by Gasteiger charge is -2.24. The zero-order valence-electron chi connectivity index (χ0n) is 26.1. The molecule has 10 nitrogen and oxygen atoms in total. The molecule has 0 spiro atoms. The summed E-state index contributed by atoms with van der Waals surface area (Å²) in [6.45, 7) is 0.467. The number of halogens is 4. The number of hydrogen-bond acceptors (Lipinski definition) is 8. The highest BCUT2D eigenvalue weighted by atomic mass is 32.3. The molecule has 0 saturated heterocycles. The van der Waals surface area contributed by atoms with Gasteiger partial charge in [-0.1, -0.05) is 40.1 Å². The Labute approximate surface area is 284 Å². The van der Waals surface area contributed by atoms with E-state index in [1.54, 1.807) is 6.92 Å². The summed E-state index contributed by atoms with van der Waals surface area (Å²) >= 11 is 0. The quantitative estimate of drug-likeness (QED) is 0.128. The van der Waals surface area contributed by atoms with Gasteiger partial charge in [-0.15, -0.1) is 0 Å². The largest absolute Gasteiger partial charge is 0.493 e. The molecule has 4 aromatic carbocycles. The van der Waals surface area contributed by atoms with E-state index < -0.39 is 75.8 Å². The minimum Gasteiger partial charge on any atom is -0.493 e. The number of hydrogen-bond donors (Lipinski definition) is 1. The van der Waals surface area contributed by atoms with Crippen molar-refractivity contribution in [1.29, 1.82) is 0 Å². The van der Waals surface area contributed by atoms with E-state index in [2.05, 4.69) is 4.98 Å². The van der Waals surface area contributed by atoms with Gasteiger partial charge in [0.05, 0.1) is 18.8 Å². The Morgan fingerprint density at radius 2 is 1.34 bits per heavy atom. The third-order valence-electron chi connectivity index (χ3n) is 7.50. The highest BCUT2D eigenvalue weighted by molar-refractivity contribution is 8.04. The minimum atomic E-state index is -5.75. The number of aryl methyl sites for hydroxylation is 2.